The second kappa shape index (κ2) is 4.45. The van der Waals surface area contributed by atoms with E-state index in [4.69, 9.17) is 5.26 Å². The molecule has 0 N–H and O–H groups in total. The third-order valence-corrected chi connectivity index (χ3v) is 3.10. The van der Waals surface area contributed by atoms with Crippen molar-refractivity contribution in [3.8, 4) is 6.07 Å². The van der Waals surface area contributed by atoms with Gasteiger partial charge < -0.3 is 4.90 Å². The highest BCUT2D eigenvalue weighted by molar-refractivity contribution is 5.31. The van der Waals surface area contributed by atoms with E-state index in [9.17, 15) is 0 Å². The molecule has 0 radical (unpaired) electrons. The average Bonchev–Trinajstić information content (AvgIpc) is 3.08. The van der Waals surface area contributed by atoms with Crippen molar-refractivity contribution in [1.82, 2.24) is 19.7 Å². The monoisotopic (exact) mass is 240 g/mol. The molecule has 1 aliphatic rings. The predicted octanol–water partition coefficient (Wildman–Crippen LogP) is 0.996. The molecule has 6 heteroatoms. The summed E-state index contributed by atoms with van der Waals surface area (Å²) in [6, 6.07) is 4.19. The first kappa shape index (κ1) is 10.7. The Morgan fingerprint density at radius 2 is 2.17 bits per heavy atom. The van der Waals surface area contributed by atoms with Gasteiger partial charge in [0.2, 0.25) is 5.95 Å². The molecular weight excluding hydrogens is 228 g/mol. The molecule has 0 aromatic carbocycles. The Morgan fingerprint density at radius 1 is 1.33 bits per heavy atom. The number of nitriles is 1. The molecule has 3 rings (SSSR count). The molecule has 1 fully saturated rings. The van der Waals surface area contributed by atoms with Crippen molar-refractivity contribution in [3.05, 3.63) is 36.4 Å². The minimum absolute atomic E-state index is 0.288. The van der Waals surface area contributed by atoms with Crippen LogP contribution >= 0.6 is 0 Å². The fourth-order valence-electron chi connectivity index (χ4n) is 2.19. The van der Waals surface area contributed by atoms with Gasteiger partial charge in [0, 0.05) is 31.7 Å². The Balaban J connectivity index is 1.74. The molecule has 0 saturated carbocycles. The summed E-state index contributed by atoms with van der Waals surface area (Å²) in [6.07, 6.45) is 7.88. The maximum Gasteiger partial charge on any atom is 0.225 e. The van der Waals surface area contributed by atoms with Crippen LogP contribution in [0.5, 0.6) is 0 Å². The van der Waals surface area contributed by atoms with Crippen LogP contribution in [0.1, 0.15) is 18.0 Å². The zero-order valence-electron chi connectivity index (χ0n) is 9.77. The van der Waals surface area contributed by atoms with E-state index in [0.717, 1.165) is 25.5 Å². The van der Waals surface area contributed by atoms with Crippen LogP contribution in [0.25, 0.3) is 0 Å². The lowest BCUT2D eigenvalue weighted by atomic mass is 10.3. The fraction of sp³-hybridized carbons (Fsp3) is 0.333. The van der Waals surface area contributed by atoms with Crippen LogP contribution in [-0.2, 0) is 0 Å². The normalized spacial score (nSPS) is 18.8. The molecule has 0 spiro atoms. The smallest absolute Gasteiger partial charge is 0.225 e. The van der Waals surface area contributed by atoms with Gasteiger partial charge in [-0.05, 0) is 12.5 Å². The zero-order valence-corrected chi connectivity index (χ0v) is 9.77. The van der Waals surface area contributed by atoms with E-state index in [1.54, 1.807) is 24.8 Å². The summed E-state index contributed by atoms with van der Waals surface area (Å²) in [7, 11) is 0. The van der Waals surface area contributed by atoms with Gasteiger partial charge >= 0.3 is 0 Å². The van der Waals surface area contributed by atoms with Gasteiger partial charge in [-0.15, -0.1) is 0 Å². The van der Waals surface area contributed by atoms with Crippen LogP contribution in [0.3, 0.4) is 0 Å². The molecular formula is C12H12N6. The van der Waals surface area contributed by atoms with Gasteiger partial charge in [-0.25, -0.2) is 9.97 Å². The Bertz CT molecular complexity index is 570. The molecule has 18 heavy (non-hydrogen) atoms. The number of anilines is 1. The Morgan fingerprint density at radius 3 is 2.89 bits per heavy atom. The second-order valence-electron chi connectivity index (χ2n) is 4.26. The third-order valence-electron chi connectivity index (χ3n) is 3.10. The van der Waals surface area contributed by atoms with E-state index in [1.807, 2.05) is 10.7 Å². The molecule has 2 aromatic heterocycles. The highest BCUT2D eigenvalue weighted by Gasteiger charge is 2.25. The average molecular weight is 240 g/mol. The molecule has 1 aliphatic heterocycles. The van der Waals surface area contributed by atoms with Gasteiger partial charge in [-0.2, -0.15) is 10.4 Å². The summed E-state index contributed by atoms with van der Waals surface area (Å²) in [5.41, 5.74) is 0.601. The first-order chi connectivity index (χ1) is 8.86. The molecule has 90 valence electrons. The number of hydrogen-bond acceptors (Lipinski definition) is 5. The second-order valence-corrected chi connectivity index (χ2v) is 4.26. The molecule has 6 nitrogen and oxygen atoms in total. The molecule has 1 saturated heterocycles. The van der Waals surface area contributed by atoms with E-state index >= 15 is 0 Å². The first-order valence-electron chi connectivity index (χ1n) is 5.83. The fourth-order valence-corrected chi connectivity index (χ4v) is 2.19. The first-order valence-corrected chi connectivity index (χ1v) is 5.83. The van der Waals surface area contributed by atoms with Crippen molar-refractivity contribution < 1.29 is 0 Å². The number of hydrogen-bond donors (Lipinski definition) is 0. The van der Waals surface area contributed by atoms with E-state index in [0.29, 0.717) is 5.56 Å². The van der Waals surface area contributed by atoms with Crippen LogP contribution in [-0.4, -0.2) is 32.8 Å². The quantitative estimate of drug-likeness (QED) is 0.783. The standard InChI is InChI=1S/C12H12N6/c13-6-10-7-16-18(8-10)11-2-5-17(9-11)12-14-3-1-4-15-12/h1,3-4,7-8,11H,2,5,9H2. The maximum atomic E-state index is 8.79. The molecule has 2 aromatic rings. The van der Waals surface area contributed by atoms with E-state index in [2.05, 4.69) is 26.0 Å². The van der Waals surface area contributed by atoms with Gasteiger partial charge in [0.05, 0.1) is 17.8 Å². The topological polar surface area (TPSA) is 70.6 Å². The lowest BCUT2D eigenvalue weighted by Gasteiger charge is -2.15. The Kier molecular flexibility index (Phi) is 2.65. The Hall–Kier alpha value is -2.42. The molecule has 3 heterocycles. The zero-order chi connectivity index (χ0) is 12.4. The largest absolute Gasteiger partial charge is 0.339 e. The van der Waals surface area contributed by atoms with Crippen molar-refractivity contribution in [2.75, 3.05) is 18.0 Å². The predicted molar refractivity (Wildman–Crippen MR) is 64.8 cm³/mol. The van der Waals surface area contributed by atoms with Crippen molar-refractivity contribution in [3.63, 3.8) is 0 Å². The lowest BCUT2D eigenvalue weighted by Crippen LogP contribution is -2.22. The van der Waals surface area contributed by atoms with Gasteiger partial charge in [-0.3, -0.25) is 4.68 Å². The maximum absolute atomic E-state index is 8.79. The van der Waals surface area contributed by atoms with Crippen LogP contribution in [0.15, 0.2) is 30.9 Å². The minimum atomic E-state index is 0.288. The number of rotatable bonds is 2. The van der Waals surface area contributed by atoms with Gasteiger partial charge in [0.1, 0.15) is 6.07 Å². The minimum Gasteiger partial charge on any atom is -0.339 e. The summed E-state index contributed by atoms with van der Waals surface area (Å²) >= 11 is 0. The van der Waals surface area contributed by atoms with Gasteiger partial charge in [-0.1, -0.05) is 0 Å². The summed E-state index contributed by atoms with van der Waals surface area (Å²) in [5, 5.41) is 13.0. The van der Waals surface area contributed by atoms with Crippen LogP contribution in [0.4, 0.5) is 5.95 Å². The van der Waals surface area contributed by atoms with E-state index in [-0.39, 0.29) is 6.04 Å². The van der Waals surface area contributed by atoms with Crippen molar-refractivity contribution >= 4 is 5.95 Å². The van der Waals surface area contributed by atoms with Gasteiger partial charge in [0.15, 0.2) is 0 Å². The molecule has 0 amide bonds. The van der Waals surface area contributed by atoms with Crippen molar-refractivity contribution in [2.24, 2.45) is 0 Å². The SMILES string of the molecule is N#Cc1cnn(C2CCN(c3ncccn3)C2)c1. The summed E-state index contributed by atoms with van der Waals surface area (Å²) in [5.74, 6) is 0.757. The molecule has 1 atom stereocenters. The highest BCUT2D eigenvalue weighted by Crippen LogP contribution is 2.23. The van der Waals surface area contributed by atoms with Crippen LogP contribution < -0.4 is 4.90 Å². The molecule has 1 unspecified atom stereocenters. The molecule has 0 aliphatic carbocycles. The highest BCUT2D eigenvalue weighted by atomic mass is 15.3. The number of aromatic nitrogens is 4. The molecule has 0 bridgehead atoms. The van der Waals surface area contributed by atoms with E-state index in [1.165, 1.54) is 0 Å². The lowest BCUT2D eigenvalue weighted by molar-refractivity contribution is 0.494. The number of nitrogens with zero attached hydrogens (tertiary/aromatic N) is 6. The van der Waals surface area contributed by atoms with E-state index < -0.39 is 0 Å². The van der Waals surface area contributed by atoms with Crippen molar-refractivity contribution in [1.29, 1.82) is 5.26 Å². The van der Waals surface area contributed by atoms with Crippen LogP contribution in [0, 0.1) is 11.3 Å². The van der Waals surface area contributed by atoms with Gasteiger partial charge in [0.25, 0.3) is 0 Å². The van der Waals surface area contributed by atoms with Crippen LogP contribution in [0.2, 0.25) is 0 Å². The summed E-state index contributed by atoms with van der Waals surface area (Å²) in [4.78, 5) is 10.6. The van der Waals surface area contributed by atoms with Crippen molar-refractivity contribution in [2.45, 2.75) is 12.5 Å². The third kappa shape index (κ3) is 1.91. The summed E-state index contributed by atoms with van der Waals surface area (Å²) in [6.45, 7) is 1.74. The Labute approximate surface area is 105 Å². The summed E-state index contributed by atoms with van der Waals surface area (Å²) < 4.78 is 1.86.